The van der Waals surface area contributed by atoms with E-state index in [9.17, 15) is 4.79 Å². The van der Waals surface area contributed by atoms with Crippen LogP contribution in [0.4, 0.5) is 0 Å². The normalized spacial score (nSPS) is 14.1. The average molecular weight is 237 g/mol. The smallest absolute Gasteiger partial charge is 0.306 e. The molecule has 17 heavy (non-hydrogen) atoms. The highest BCUT2D eigenvalue weighted by Crippen LogP contribution is 2.28. The van der Waals surface area contributed by atoms with Gasteiger partial charge in [0.2, 0.25) is 0 Å². The van der Waals surface area contributed by atoms with Crippen molar-refractivity contribution in [1.29, 1.82) is 0 Å². The van der Waals surface area contributed by atoms with Crippen molar-refractivity contribution in [3.05, 3.63) is 29.8 Å². The van der Waals surface area contributed by atoms with Crippen molar-refractivity contribution in [3.63, 3.8) is 0 Å². The third-order valence-corrected chi connectivity index (χ3v) is 2.87. The monoisotopic (exact) mass is 237 g/mol. The van der Waals surface area contributed by atoms with Crippen LogP contribution in [0.2, 0.25) is 0 Å². The second-order valence-electron chi connectivity index (χ2n) is 4.06. The molecule has 0 amide bonds. The molecular formula is C13H19NO3. The number of carboxylic acids is 1. The Kier molecular flexibility index (Phi) is 4.97. The summed E-state index contributed by atoms with van der Waals surface area (Å²) >= 11 is 0. The molecule has 0 aliphatic heterocycles. The van der Waals surface area contributed by atoms with E-state index in [1.807, 2.05) is 31.3 Å². The summed E-state index contributed by atoms with van der Waals surface area (Å²) < 4.78 is 5.28. The summed E-state index contributed by atoms with van der Waals surface area (Å²) in [5, 5.41) is 12.1. The number of benzene rings is 1. The van der Waals surface area contributed by atoms with E-state index in [1.54, 1.807) is 14.0 Å². The van der Waals surface area contributed by atoms with Crippen LogP contribution < -0.4 is 10.1 Å². The molecule has 94 valence electrons. The van der Waals surface area contributed by atoms with Crippen molar-refractivity contribution in [2.24, 2.45) is 5.92 Å². The number of aliphatic carboxylic acids is 1. The van der Waals surface area contributed by atoms with Gasteiger partial charge in [-0.1, -0.05) is 25.1 Å². The van der Waals surface area contributed by atoms with Gasteiger partial charge in [0.05, 0.1) is 13.0 Å². The van der Waals surface area contributed by atoms with Crippen molar-refractivity contribution < 1.29 is 14.6 Å². The molecule has 0 fully saturated rings. The Balaban J connectivity index is 2.89. The Morgan fingerprint density at radius 1 is 1.47 bits per heavy atom. The van der Waals surface area contributed by atoms with Gasteiger partial charge in [-0.3, -0.25) is 4.79 Å². The zero-order valence-electron chi connectivity index (χ0n) is 10.4. The number of para-hydroxylation sites is 1. The molecule has 4 nitrogen and oxygen atoms in total. The number of nitrogens with one attached hydrogen (secondary N) is 1. The van der Waals surface area contributed by atoms with Gasteiger partial charge in [0.15, 0.2) is 0 Å². The van der Waals surface area contributed by atoms with E-state index in [0.29, 0.717) is 6.42 Å². The first-order valence-corrected chi connectivity index (χ1v) is 5.63. The SMILES string of the molecule is CNC(CC(C)C(=O)O)c1ccccc1OC. The number of hydrogen-bond acceptors (Lipinski definition) is 3. The third kappa shape index (κ3) is 3.46. The standard InChI is InChI=1S/C13H19NO3/c1-9(13(15)16)8-11(14-2)10-6-4-5-7-12(10)17-3/h4-7,9,11,14H,8H2,1-3H3,(H,15,16). The maximum absolute atomic E-state index is 10.9. The van der Waals surface area contributed by atoms with Gasteiger partial charge in [-0.15, -0.1) is 0 Å². The Bertz CT molecular complexity index is 379. The fourth-order valence-electron chi connectivity index (χ4n) is 1.81. The van der Waals surface area contributed by atoms with Crippen LogP contribution in [-0.2, 0) is 4.79 Å². The first-order valence-electron chi connectivity index (χ1n) is 5.63. The Morgan fingerprint density at radius 2 is 2.12 bits per heavy atom. The summed E-state index contributed by atoms with van der Waals surface area (Å²) in [4.78, 5) is 10.9. The molecule has 2 unspecified atom stereocenters. The second kappa shape index (κ2) is 6.25. The van der Waals surface area contributed by atoms with Crippen LogP contribution in [-0.4, -0.2) is 25.2 Å². The molecule has 1 aromatic rings. The molecule has 4 heteroatoms. The molecule has 2 N–H and O–H groups in total. The molecule has 0 heterocycles. The molecule has 0 aromatic heterocycles. The fraction of sp³-hybridized carbons (Fsp3) is 0.462. The molecule has 0 aliphatic carbocycles. The molecule has 0 spiro atoms. The molecule has 1 aromatic carbocycles. The van der Waals surface area contributed by atoms with Gasteiger partial charge in [0, 0.05) is 11.6 Å². The van der Waals surface area contributed by atoms with Gasteiger partial charge < -0.3 is 15.2 Å². The van der Waals surface area contributed by atoms with Gasteiger partial charge in [-0.05, 0) is 19.5 Å². The van der Waals surface area contributed by atoms with E-state index < -0.39 is 11.9 Å². The van der Waals surface area contributed by atoms with E-state index in [0.717, 1.165) is 11.3 Å². The fourth-order valence-corrected chi connectivity index (χ4v) is 1.81. The maximum atomic E-state index is 10.9. The molecule has 0 bridgehead atoms. The zero-order chi connectivity index (χ0) is 12.8. The van der Waals surface area contributed by atoms with Crippen molar-refractivity contribution in [2.75, 3.05) is 14.2 Å². The molecule has 0 radical (unpaired) electrons. The maximum Gasteiger partial charge on any atom is 0.306 e. The Hall–Kier alpha value is -1.55. The van der Waals surface area contributed by atoms with Crippen LogP contribution in [0.3, 0.4) is 0 Å². The summed E-state index contributed by atoms with van der Waals surface area (Å²) in [6, 6.07) is 7.64. The highest BCUT2D eigenvalue weighted by Gasteiger charge is 2.20. The van der Waals surface area contributed by atoms with Crippen LogP contribution in [0.5, 0.6) is 5.75 Å². The van der Waals surface area contributed by atoms with Gasteiger partial charge in [0.25, 0.3) is 0 Å². The minimum Gasteiger partial charge on any atom is -0.496 e. The van der Waals surface area contributed by atoms with Crippen molar-refractivity contribution in [1.82, 2.24) is 5.32 Å². The number of ether oxygens (including phenoxy) is 1. The number of carbonyl (C=O) groups is 1. The largest absolute Gasteiger partial charge is 0.496 e. The third-order valence-electron chi connectivity index (χ3n) is 2.87. The van der Waals surface area contributed by atoms with Crippen LogP contribution in [0.15, 0.2) is 24.3 Å². The predicted octanol–water partition coefficient (Wildman–Crippen LogP) is 2.07. The average Bonchev–Trinajstić information content (AvgIpc) is 2.35. The minimum absolute atomic E-state index is 0.0164. The first kappa shape index (κ1) is 13.5. The van der Waals surface area contributed by atoms with Crippen molar-refractivity contribution >= 4 is 5.97 Å². The molecular weight excluding hydrogens is 218 g/mol. The lowest BCUT2D eigenvalue weighted by molar-refractivity contribution is -0.141. The quantitative estimate of drug-likeness (QED) is 0.795. The lowest BCUT2D eigenvalue weighted by atomic mass is 9.95. The number of methoxy groups -OCH3 is 1. The predicted molar refractivity (Wildman–Crippen MR) is 66.2 cm³/mol. The first-order chi connectivity index (χ1) is 8.10. The molecule has 0 aliphatic rings. The van der Waals surface area contributed by atoms with Crippen LogP contribution in [0.25, 0.3) is 0 Å². The summed E-state index contributed by atoms with van der Waals surface area (Å²) in [7, 11) is 3.44. The van der Waals surface area contributed by atoms with E-state index >= 15 is 0 Å². The van der Waals surface area contributed by atoms with Crippen LogP contribution >= 0.6 is 0 Å². The molecule has 2 atom stereocenters. The summed E-state index contributed by atoms with van der Waals surface area (Å²) in [6.07, 6.45) is 0.534. The summed E-state index contributed by atoms with van der Waals surface area (Å²) in [5.41, 5.74) is 0.991. The Morgan fingerprint density at radius 3 is 2.65 bits per heavy atom. The van der Waals surface area contributed by atoms with Gasteiger partial charge in [0.1, 0.15) is 5.75 Å². The lowest BCUT2D eigenvalue weighted by Crippen LogP contribution is -2.22. The zero-order valence-corrected chi connectivity index (χ0v) is 10.4. The van der Waals surface area contributed by atoms with E-state index in [-0.39, 0.29) is 6.04 Å². The van der Waals surface area contributed by atoms with E-state index in [2.05, 4.69) is 5.32 Å². The van der Waals surface area contributed by atoms with Crippen molar-refractivity contribution in [2.45, 2.75) is 19.4 Å². The van der Waals surface area contributed by atoms with Gasteiger partial charge in [-0.2, -0.15) is 0 Å². The Labute approximate surface area is 102 Å². The van der Waals surface area contributed by atoms with Gasteiger partial charge in [-0.25, -0.2) is 0 Å². The highest BCUT2D eigenvalue weighted by atomic mass is 16.5. The number of rotatable bonds is 6. The summed E-state index contributed by atoms with van der Waals surface area (Å²) in [5.74, 6) is -0.387. The molecule has 0 saturated heterocycles. The molecule has 0 saturated carbocycles. The lowest BCUT2D eigenvalue weighted by Gasteiger charge is -2.21. The van der Waals surface area contributed by atoms with E-state index in [1.165, 1.54) is 0 Å². The minimum atomic E-state index is -0.778. The van der Waals surface area contributed by atoms with E-state index in [4.69, 9.17) is 9.84 Å². The second-order valence-corrected chi connectivity index (χ2v) is 4.06. The van der Waals surface area contributed by atoms with Crippen LogP contribution in [0, 0.1) is 5.92 Å². The molecule has 1 rings (SSSR count). The topological polar surface area (TPSA) is 58.6 Å². The number of hydrogen-bond donors (Lipinski definition) is 2. The van der Waals surface area contributed by atoms with Crippen LogP contribution in [0.1, 0.15) is 24.9 Å². The van der Waals surface area contributed by atoms with Crippen molar-refractivity contribution in [3.8, 4) is 5.75 Å². The van der Waals surface area contributed by atoms with Gasteiger partial charge >= 0.3 is 5.97 Å². The summed E-state index contributed by atoms with van der Waals surface area (Å²) in [6.45, 7) is 1.71. The highest BCUT2D eigenvalue weighted by molar-refractivity contribution is 5.69. The number of carboxylic acid groups (broad SMARTS) is 1.